The summed E-state index contributed by atoms with van der Waals surface area (Å²) in [6.45, 7) is 3.26. The maximum atomic E-state index is 11.9. The third-order valence-electron chi connectivity index (χ3n) is 2.99. The second-order valence-electron chi connectivity index (χ2n) is 5.02. The Bertz CT molecular complexity index is 764. The molecule has 0 spiro atoms. The minimum Gasteiger partial charge on any atom is -0.323 e. The first-order chi connectivity index (χ1) is 11.4. The lowest BCUT2D eigenvalue weighted by Crippen LogP contribution is -2.12. The van der Waals surface area contributed by atoms with E-state index < -0.39 is 0 Å². The SMILES string of the molecule is CC(=O)Nc1nc(C)c(-c2cnc(Cl)c(NC(=O)CCCCl)c2)s1. The van der Waals surface area contributed by atoms with E-state index in [0.29, 0.717) is 29.5 Å². The highest BCUT2D eigenvalue weighted by molar-refractivity contribution is 7.19. The maximum Gasteiger partial charge on any atom is 0.224 e. The fourth-order valence-corrected chi connectivity index (χ4v) is 3.25. The number of pyridine rings is 1. The largest absolute Gasteiger partial charge is 0.323 e. The van der Waals surface area contributed by atoms with E-state index in [1.807, 2.05) is 6.92 Å². The molecule has 24 heavy (non-hydrogen) atoms. The summed E-state index contributed by atoms with van der Waals surface area (Å²) in [5, 5.41) is 6.12. The topological polar surface area (TPSA) is 84.0 Å². The van der Waals surface area contributed by atoms with Crippen LogP contribution in [0.5, 0.6) is 0 Å². The number of nitrogens with one attached hydrogen (secondary N) is 2. The van der Waals surface area contributed by atoms with E-state index in [1.165, 1.54) is 18.3 Å². The molecule has 2 aromatic rings. The second kappa shape index (κ2) is 8.41. The number of hydrogen-bond donors (Lipinski definition) is 2. The molecule has 0 fully saturated rings. The molecule has 2 aromatic heterocycles. The highest BCUT2D eigenvalue weighted by Gasteiger charge is 2.14. The van der Waals surface area contributed by atoms with Gasteiger partial charge in [0.25, 0.3) is 0 Å². The van der Waals surface area contributed by atoms with E-state index in [2.05, 4.69) is 20.6 Å². The smallest absolute Gasteiger partial charge is 0.224 e. The third-order valence-corrected chi connectivity index (χ3v) is 4.68. The van der Waals surface area contributed by atoms with Crippen molar-refractivity contribution in [3.05, 3.63) is 23.1 Å². The number of carbonyl (C=O) groups excluding carboxylic acids is 2. The molecule has 0 aliphatic rings. The van der Waals surface area contributed by atoms with E-state index in [4.69, 9.17) is 23.2 Å². The number of carbonyl (C=O) groups is 2. The molecule has 2 heterocycles. The van der Waals surface area contributed by atoms with Gasteiger partial charge in [-0.3, -0.25) is 9.59 Å². The summed E-state index contributed by atoms with van der Waals surface area (Å²) < 4.78 is 0. The number of alkyl halides is 1. The molecule has 0 saturated carbocycles. The van der Waals surface area contributed by atoms with Gasteiger partial charge in [0.15, 0.2) is 10.3 Å². The van der Waals surface area contributed by atoms with Gasteiger partial charge in [-0.2, -0.15) is 0 Å². The zero-order chi connectivity index (χ0) is 17.7. The number of anilines is 2. The quantitative estimate of drug-likeness (QED) is 0.578. The lowest BCUT2D eigenvalue weighted by molar-refractivity contribution is -0.116. The Morgan fingerprint density at radius 3 is 2.75 bits per heavy atom. The van der Waals surface area contributed by atoms with Crippen molar-refractivity contribution in [1.82, 2.24) is 9.97 Å². The van der Waals surface area contributed by atoms with Gasteiger partial charge in [0, 0.05) is 31.0 Å². The fourth-order valence-electron chi connectivity index (χ4n) is 1.97. The zero-order valence-corrected chi connectivity index (χ0v) is 15.5. The average molecular weight is 387 g/mol. The minimum absolute atomic E-state index is 0.170. The number of hydrogen-bond acceptors (Lipinski definition) is 5. The van der Waals surface area contributed by atoms with Crippen LogP contribution in [0.1, 0.15) is 25.5 Å². The first kappa shape index (κ1) is 18.6. The van der Waals surface area contributed by atoms with E-state index in [-0.39, 0.29) is 17.0 Å². The van der Waals surface area contributed by atoms with Gasteiger partial charge in [0.2, 0.25) is 11.8 Å². The molecule has 0 aliphatic carbocycles. The lowest BCUT2D eigenvalue weighted by atomic mass is 10.2. The molecule has 2 rings (SSSR count). The average Bonchev–Trinajstić information content (AvgIpc) is 2.87. The van der Waals surface area contributed by atoms with Crippen LogP contribution in [0.25, 0.3) is 10.4 Å². The minimum atomic E-state index is -0.184. The Hall–Kier alpha value is -1.70. The maximum absolute atomic E-state index is 11.9. The normalized spacial score (nSPS) is 10.5. The number of nitrogens with zero attached hydrogens (tertiary/aromatic N) is 2. The van der Waals surface area contributed by atoms with Crippen molar-refractivity contribution in [2.75, 3.05) is 16.5 Å². The molecule has 0 atom stereocenters. The van der Waals surface area contributed by atoms with Gasteiger partial charge >= 0.3 is 0 Å². The van der Waals surface area contributed by atoms with Gasteiger partial charge in [-0.1, -0.05) is 22.9 Å². The predicted molar refractivity (Wildman–Crippen MR) is 98.0 cm³/mol. The molecule has 2 N–H and O–H groups in total. The standard InChI is InChI=1S/C15H16Cl2N4O2S/c1-8-13(24-15(19-8)20-9(2)22)10-6-11(14(17)18-7-10)21-12(23)4-3-5-16/h6-7H,3-5H2,1-2H3,(H,21,23)(H,19,20,22). The van der Waals surface area contributed by atoms with E-state index in [1.54, 1.807) is 12.3 Å². The molecular weight excluding hydrogens is 371 g/mol. The van der Waals surface area contributed by atoms with Crippen LogP contribution in [0.15, 0.2) is 12.3 Å². The number of thiazole rings is 1. The first-order valence-corrected chi connectivity index (χ1v) is 8.90. The Balaban J connectivity index is 2.26. The van der Waals surface area contributed by atoms with E-state index in [0.717, 1.165) is 16.1 Å². The molecule has 6 nitrogen and oxygen atoms in total. The summed E-state index contributed by atoms with van der Waals surface area (Å²) in [5.74, 6) is 0.0686. The number of halogens is 2. The molecule has 128 valence electrons. The van der Waals surface area contributed by atoms with Crippen molar-refractivity contribution >= 4 is 57.2 Å². The van der Waals surface area contributed by atoms with Crippen LogP contribution < -0.4 is 10.6 Å². The molecule has 0 saturated heterocycles. The Kier molecular flexibility index (Phi) is 6.53. The van der Waals surface area contributed by atoms with Crippen LogP contribution in [0.2, 0.25) is 5.15 Å². The summed E-state index contributed by atoms with van der Waals surface area (Å²) in [4.78, 5) is 32.3. The van der Waals surface area contributed by atoms with Gasteiger partial charge in [-0.05, 0) is 19.4 Å². The molecule has 0 bridgehead atoms. The van der Waals surface area contributed by atoms with Gasteiger partial charge < -0.3 is 10.6 Å². The first-order valence-electron chi connectivity index (χ1n) is 7.17. The summed E-state index contributed by atoms with van der Waals surface area (Å²) in [6, 6.07) is 1.74. The molecule has 2 amide bonds. The van der Waals surface area contributed by atoms with Crippen LogP contribution in [-0.4, -0.2) is 27.7 Å². The van der Waals surface area contributed by atoms with Crippen molar-refractivity contribution in [2.24, 2.45) is 0 Å². The second-order valence-corrected chi connectivity index (χ2v) is 6.75. The molecule has 0 radical (unpaired) electrons. The Morgan fingerprint density at radius 1 is 1.33 bits per heavy atom. The zero-order valence-electron chi connectivity index (χ0n) is 13.2. The number of aromatic nitrogens is 2. The Labute approximate surface area is 153 Å². The number of amides is 2. The van der Waals surface area contributed by atoms with Crippen LogP contribution in [0.4, 0.5) is 10.8 Å². The molecular formula is C15H16Cl2N4O2S. The number of aryl methyl sites for hydroxylation is 1. The van der Waals surface area contributed by atoms with Crippen LogP contribution in [0, 0.1) is 6.92 Å². The van der Waals surface area contributed by atoms with Crippen molar-refractivity contribution in [3.8, 4) is 10.4 Å². The summed E-state index contributed by atoms with van der Waals surface area (Å²) in [6.07, 6.45) is 2.51. The lowest BCUT2D eigenvalue weighted by Gasteiger charge is -2.08. The summed E-state index contributed by atoms with van der Waals surface area (Å²) in [5.41, 5.74) is 1.95. The van der Waals surface area contributed by atoms with Crippen molar-refractivity contribution in [3.63, 3.8) is 0 Å². The molecule has 0 aliphatic heterocycles. The van der Waals surface area contributed by atoms with E-state index >= 15 is 0 Å². The monoisotopic (exact) mass is 386 g/mol. The van der Waals surface area contributed by atoms with Gasteiger partial charge in [0.05, 0.1) is 16.3 Å². The third kappa shape index (κ3) is 4.90. The fraction of sp³-hybridized carbons (Fsp3) is 0.333. The summed E-state index contributed by atoms with van der Waals surface area (Å²) >= 11 is 13.0. The highest BCUT2D eigenvalue weighted by atomic mass is 35.5. The van der Waals surface area contributed by atoms with Crippen LogP contribution >= 0.6 is 34.5 Å². The van der Waals surface area contributed by atoms with Crippen molar-refractivity contribution in [1.29, 1.82) is 0 Å². The highest BCUT2D eigenvalue weighted by Crippen LogP contribution is 2.35. The van der Waals surface area contributed by atoms with E-state index in [9.17, 15) is 9.59 Å². The van der Waals surface area contributed by atoms with Crippen molar-refractivity contribution < 1.29 is 9.59 Å². The van der Waals surface area contributed by atoms with Gasteiger partial charge in [-0.25, -0.2) is 9.97 Å². The van der Waals surface area contributed by atoms with Crippen molar-refractivity contribution in [2.45, 2.75) is 26.7 Å². The van der Waals surface area contributed by atoms with Crippen LogP contribution in [-0.2, 0) is 9.59 Å². The number of rotatable bonds is 6. The molecule has 0 aromatic carbocycles. The van der Waals surface area contributed by atoms with Gasteiger partial charge in [-0.15, -0.1) is 11.6 Å². The molecule has 9 heteroatoms. The summed E-state index contributed by atoms with van der Waals surface area (Å²) in [7, 11) is 0. The van der Waals surface area contributed by atoms with Gasteiger partial charge in [0.1, 0.15) is 0 Å². The Morgan fingerprint density at radius 2 is 2.08 bits per heavy atom. The predicted octanol–water partition coefficient (Wildman–Crippen LogP) is 4.08. The molecule has 0 unspecified atom stereocenters. The van der Waals surface area contributed by atoms with Crippen LogP contribution in [0.3, 0.4) is 0 Å².